The molecule has 1 aromatic heterocycles. The molecule has 1 heterocycles. The molecular weight excluding hydrogens is 214 g/mol. The molecule has 0 fully saturated rings. The fourth-order valence-corrected chi connectivity index (χ4v) is 1.94. The summed E-state index contributed by atoms with van der Waals surface area (Å²) < 4.78 is 6.94. The van der Waals surface area contributed by atoms with Gasteiger partial charge in [0.15, 0.2) is 0 Å². The number of aromatic nitrogens is 2. The van der Waals surface area contributed by atoms with Gasteiger partial charge in [-0.15, -0.1) is 0 Å². The number of nitrogen functional groups attached to an aromatic ring is 1. The lowest BCUT2D eigenvalue weighted by Gasteiger charge is -2.05. The predicted molar refractivity (Wildman–Crippen MR) is 69.0 cm³/mol. The summed E-state index contributed by atoms with van der Waals surface area (Å²) in [6.07, 6.45) is 0.859. The summed E-state index contributed by atoms with van der Waals surface area (Å²) in [6.45, 7) is 2.07. The van der Waals surface area contributed by atoms with E-state index >= 15 is 0 Å². The first-order valence-electron chi connectivity index (χ1n) is 5.63. The molecule has 0 unspecified atom stereocenters. The van der Waals surface area contributed by atoms with Crippen LogP contribution in [0.2, 0.25) is 0 Å². The molecule has 0 atom stereocenters. The van der Waals surface area contributed by atoms with Crippen molar-refractivity contribution in [3.8, 4) is 16.9 Å². The number of anilines is 1. The van der Waals surface area contributed by atoms with Crippen molar-refractivity contribution >= 4 is 5.82 Å². The first-order chi connectivity index (χ1) is 8.17. The molecule has 2 rings (SSSR count). The Hall–Kier alpha value is -1.97. The van der Waals surface area contributed by atoms with Crippen LogP contribution < -0.4 is 10.5 Å². The van der Waals surface area contributed by atoms with Crippen molar-refractivity contribution in [2.45, 2.75) is 13.3 Å². The molecule has 90 valence electrons. The summed E-state index contributed by atoms with van der Waals surface area (Å²) in [5.74, 6) is 1.52. The third kappa shape index (κ3) is 1.98. The van der Waals surface area contributed by atoms with Crippen molar-refractivity contribution < 1.29 is 4.74 Å². The molecule has 0 aliphatic carbocycles. The number of hydrogen-bond donors (Lipinski definition) is 1. The van der Waals surface area contributed by atoms with Gasteiger partial charge in [0, 0.05) is 12.6 Å². The maximum atomic E-state index is 6.06. The van der Waals surface area contributed by atoms with E-state index in [2.05, 4.69) is 12.0 Å². The largest absolute Gasteiger partial charge is 0.497 e. The maximum absolute atomic E-state index is 6.06. The molecule has 0 spiro atoms. The first-order valence-corrected chi connectivity index (χ1v) is 5.63. The number of hydrogen-bond acceptors (Lipinski definition) is 3. The fourth-order valence-electron chi connectivity index (χ4n) is 1.94. The van der Waals surface area contributed by atoms with Gasteiger partial charge in [0.2, 0.25) is 0 Å². The topological polar surface area (TPSA) is 53.1 Å². The second-order valence-electron chi connectivity index (χ2n) is 3.92. The van der Waals surface area contributed by atoms with Crippen molar-refractivity contribution in [2.24, 2.45) is 7.05 Å². The zero-order chi connectivity index (χ0) is 12.4. The van der Waals surface area contributed by atoms with E-state index in [1.165, 1.54) is 0 Å². The molecule has 4 heteroatoms. The summed E-state index contributed by atoms with van der Waals surface area (Å²) in [5.41, 5.74) is 9.13. The number of nitrogens with zero attached hydrogens (tertiary/aromatic N) is 2. The minimum absolute atomic E-state index is 0.690. The Balaban J connectivity index is 2.58. The number of aryl methyl sites for hydroxylation is 2. The van der Waals surface area contributed by atoms with Gasteiger partial charge in [-0.25, -0.2) is 0 Å². The lowest BCUT2D eigenvalue weighted by molar-refractivity contribution is 0.415. The second kappa shape index (κ2) is 4.49. The molecule has 0 saturated carbocycles. The normalized spacial score (nSPS) is 10.5. The number of nitrogens with two attached hydrogens (primary N) is 1. The van der Waals surface area contributed by atoms with Crippen molar-refractivity contribution in [3.05, 3.63) is 30.0 Å². The van der Waals surface area contributed by atoms with E-state index < -0.39 is 0 Å². The lowest BCUT2D eigenvalue weighted by atomic mass is 10.0. The molecule has 0 saturated heterocycles. The minimum Gasteiger partial charge on any atom is -0.497 e. The summed E-state index contributed by atoms with van der Waals surface area (Å²) in [6, 6.07) is 7.88. The van der Waals surface area contributed by atoms with E-state index in [0.717, 1.165) is 29.0 Å². The third-order valence-electron chi connectivity index (χ3n) is 2.86. The van der Waals surface area contributed by atoms with Crippen LogP contribution in [0.25, 0.3) is 11.1 Å². The first kappa shape index (κ1) is 11.5. The minimum atomic E-state index is 0.690. The summed E-state index contributed by atoms with van der Waals surface area (Å²) >= 11 is 0. The van der Waals surface area contributed by atoms with Gasteiger partial charge >= 0.3 is 0 Å². The zero-order valence-electron chi connectivity index (χ0n) is 10.4. The SMILES string of the molecule is CCc1nn(C)c(N)c1-c1cccc(OC)c1. The van der Waals surface area contributed by atoms with E-state index in [1.807, 2.05) is 31.3 Å². The molecule has 17 heavy (non-hydrogen) atoms. The second-order valence-corrected chi connectivity index (χ2v) is 3.92. The van der Waals surface area contributed by atoms with Crippen LogP contribution >= 0.6 is 0 Å². The van der Waals surface area contributed by atoms with Gasteiger partial charge in [0.1, 0.15) is 11.6 Å². The van der Waals surface area contributed by atoms with Crippen molar-refractivity contribution in [1.82, 2.24) is 9.78 Å². The van der Waals surface area contributed by atoms with Crippen LogP contribution in [0.5, 0.6) is 5.75 Å². The van der Waals surface area contributed by atoms with Gasteiger partial charge < -0.3 is 10.5 Å². The highest BCUT2D eigenvalue weighted by atomic mass is 16.5. The van der Waals surface area contributed by atoms with E-state index in [-0.39, 0.29) is 0 Å². The Kier molecular flexibility index (Phi) is 3.04. The summed E-state index contributed by atoms with van der Waals surface area (Å²) in [7, 11) is 3.52. The number of methoxy groups -OCH3 is 1. The Bertz CT molecular complexity index is 531. The molecular formula is C13H17N3O. The van der Waals surface area contributed by atoms with Gasteiger partial charge in [0.25, 0.3) is 0 Å². The standard InChI is InChI=1S/C13H17N3O/c1-4-11-12(13(14)16(2)15-11)9-6-5-7-10(8-9)17-3/h5-8H,4,14H2,1-3H3. The Labute approximate surface area is 101 Å². The fraction of sp³-hybridized carbons (Fsp3) is 0.308. The summed E-state index contributed by atoms with van der Waals surface area (Å²) in [5, 5.41) is 4.41. The average Bonchev–Trinajstić information content (AvgIpc) is 2.65. The van der Waals surface area contributed by atoms with Gasteiger partial charge in [0.05, 0.1) is 12.8 Å². The van der Waals surface area contributed by atoms with Crippen LogP contribution in [0.1, 0.15) is 12.6 Å². The number of rotatable bonds is 3. The zero-order valence-corrected chi connectivity index (χ0v) is 10.4. The molecule has 0 bridgehead atoms. The van der Waals surface area contributed by atoms with Gasteiger partial charge in [-0.1, -0.05) is 19.1 Å². The maximum Gasteiger partial charge on any atom is 0.129 e. The van der Waals surface area contributed by atoms with Crippen LogP contribution in [0.3, 0.4) is 0 Å². The molecule has 0 aliphatic rings. The van der Waals surface area contributed by atoms with E-state index in [1.54, 1.807) is 11.8 Å². The van der Waals surface area contributed by atoms with Crippen LogP contribution in [-0.2, 0) is 13.5 Å². The van der Waals surface area contributed by atoms with Crippen LogP contribution in [0.4, 0.5) is 5.82 Å². The van der Waals surface area contributed by atoms with Gasteiger partial charge in [-0.05, 0) is 24.1 Å². The van der Waals surface area contributed by atoms with Crippen LogP contribution in [0, 0.1) is 0 Å². The van der Waals surface area contributed by atoms with Gasteiger partial charge in [-0.3, -0.25) is 4.68 Å². The highest BCUT2D eigenvalue weighted by Crippen LogP contribution is 2.31. The monoisotopic (exact) mass is 231 g/mol. The van der Waals surface area contributed by atoms with Gasteiger partial charge in [-0.2, -0.15) is 5.10 Å². The quantitative estimate of drug-likeness (QED) is 0.881. The molecule has 2 N–H and O–H groups in total. The molecule has 0 aliphatic heterocycles. The number of benzene rings is 1. The molecule has 1 aromatic carbocycles. The predicted octanol–water partition coefficient (Wildman–Crippen LogP) is 2.24. The van der Waals surface area contributed by atoms with Crippen molar-refractivity contribution in [2.75, 3.05) is 12.8 Å². The Morgan fingerprint density at radius 2 is 2.18 bits per heavy atom. The van der Waals surface area contributed by atoms with E-state index in [4.69, 9.17) is 10.5 Å². The Morgan fingerprint density at radius 3 is 2.82 bits per heavy atom. The average molecular weight is 231 g/mol. The van der Waals surface area contributed by atoms with Crippen molar-refractivity contribution in [1.29, 1.82) is 0 Å². The highest BCUT2D eigenvalue weighted by Gasteiger charge is 2.14. The Morgan fingerprint density at radius 1 is 1.41 bits per heavy atom. The molecule has 0 radical (unpaired) electrons. The summed E-state index contributed by atoms with van der Waals surface area (Å²) in [4.78, 5) is 0. The van der Waals surface area contributed by atoms with E-state index in [9.17, 15) is 0 Å². The van der Waals surface area contributed by atoms with Crippen LogP contribution in [0.15, 0.2) is 24.3 Å². The smallest absolute Gasteiger partial charge is 0.129 e. The van der Waals surface area contributed by atoms with Crippen LogP contribution in [-0.4, -0.2) is 16.9 Å². The third-order valence-corrected chi connectivity index (χ3v) is 2.86. The van der Waals surface area contributed by atoms with Crippen molar-refractivity contribution in [3.63, 3.8) is 0 Å². The highest BCUT2D eigenvalue weighted by molar-refractivity contribution is 5.77. The molecule has 2 aromatic rings. The van der Waals surface area contributed by atoms with E-state index in [0.29, 0.717) is 5.82 Å². The molecule has 4 nitrogen and oxygen atoms in total. The molecule has 0 amide bonds. The lowest BCUT2D eigenvalue weighted by Crippen LogP contribution is -1.98. The number of ether oxygens (including phenoxy) is 1.